The molecule has 0 bridgehead atoms. The summed E-state index contributed by atoms with van der Waals surface area (Å²) in [5.74, 6) is -3.78. The van der Waals surface area contributed by atoms with Crippen molar-refractivity contribution < 1.29 is 13.2 Å². The Kier molecular flexibility index (Phi) is 4.45. The molecule has 1 unspecified atom stereocenters. The van der Waals surface area contributed by atoms with Crippen molar-refractivity contribution in [1.82, 2.24) is 0 Å². The molecule has 0 saturated carbocycles. The predicted octanol–water partition coefficient (Wildman–Crippen LogP) is 4.05. The number of hydrogen-bond acceptors (Lipinski definition) is 1. The Morgan fingerprint density at radius 2 is 1.60 bits per heavy atom. The average molecular weight is 279 g/mol. The van der Waals surface area contributed by atoms with Crippen LogP contribution in [-0.4, -0.2) is 6.04 Å². The number of nitrogens with two attached hydrogens (primary N) is 1. The molecular formula is C16H16F3N. The SMILES string of the molecule is CC(N)CCc1ccc(-c2ccc(F)c(F)c2F)cc1. The van der Waals surface area contributed by atoms with E-state index in [1.807, 2.05) is 19.1 Å². The smallest absolute Gasteiger partial charge is 0.195 e. The van der Waals surface area contributed by atoms with Crippen LogP contribution < -0.4 is 5.73 Å². The van der Waals surface area contributed by atoms with Gasteiger partial charge in [0.25, 0.3) is 0 Å². The van der Waals surface area contributed by atoms with Gasteiger partial charge in [0.1, 0.15) is 0 Å². The molecule has 0 aliphatic rings. The zero-order valence-electron chi connectivity index (χ0n) is 11.2. The van der Waals surface area contributed by atoms with Crippen molar-refractivity contribution in [2.24, 2.45) is 5.73 Å². The molecule has 0 fully saturated rings. The zero-order valence-corrected chi connectivity index (χ0v) is 11.2. The molecule has 2 rings (SSSR count). The van der Waals surface area contributed by atoms with Gasteiger partial charge in [0.2, 0.25) is 0 Å². The molecule has 0 amide bonds. The van der Waals surface area contributed by atoms with Crippen molar-refractivity contribution in [2.45, 2.75) is 25.8 Å². The Morgan fingerprint density at radius 1 is 0.950 bits per heavy atom. The summed E-state index contributed by atoms with van der Waals surface area (Å²) in [5, 5.41) is 0. The molecule has 2 N–H and O–H groups in total. The first kappa shape index (κ1) is 14.6. The fourth-order valence-electron chi connectivity index (χ4n) is 1.99. The van der Waals surface area contributed by atoms with E-state index in [-0.39, 0.29) is 11.6 Å². The number of benzene rings is 2. The summed E-state index contributed by atoms with van der Waals surface area (Å²) in [4.78, 5) is 0. The first-order valence-corrected chi connectivity index (χ1v) is 6.47. The second-order valence-electron chi connectivity index (χ2n) is 4.94. The largest absolute Gasteiger partial charge is 0.328 e. The van der Waals surface area contributed by atoms with Gasteiger partial charge in [-0.2, -0.15) is 0 Å². The van der Waals surface area contributed by atoms with Crippen molar-refractivity contribution in [2.75, 3.05) is 0 Å². The van der Waals surface area contributed by atoms with Crippen LogP contribution >= 0.6 is 0 Å². The monoisotopic (exact) mass is 279 g/mol. The van der Waals surface area contributed by atoms with Gasteiger partial charge in [-0.3, -0.25) is 0 Å². The lowest BCUT2D eigenvalue weighted by Crippen LogP contribution is -2.15. The minimum atomic E-state index is -1.44. The molecule has 0 heterocycles. The molecule has 20 heavy (non-hydrogen) atoms. The van der Waals surface area contributed by atoms with Crippen molar-refractivity contribution in [3.63, 3.8) is 0 Å². The molecule has 2 aromatic carbocycles. The average Bonchev–Trinajstić information content (AvgIpc) is 2.43. The molecule has 0 aromatic heterocycles. The zero-order chi connectivity index (χ0) is 14.7. The molecule has 0 aliphatic carbocycles. The normalized spacial score (nSPS) is 12.4. The van der Waals surface area contributed by atoms with E-state index in [0.29, 0.717) is 5.56 Å². The predicted molar refractivity (Wildman–Crippen MR) is 73.7 cm³/mol. The Morgan fingerprint density at radius 3 is 2.20 bits per heavy atom. The van der Waals surface area contributed by atoms with Crippen LogP contribution in [0.5, 0.6) is 0 Å². The van der Waals surface area contributed by atoms with Crippen molar-refractivity contribution in [1.29, 1.82) is 0 Å². The number of aryl methyl sites for hydroxylation is 1. The highest BCUT2D eigenvalue weighted by molar-refractivity contribution is 5.64. The van der Waals surface area contributed by atoms with E-state index in [1.54, 1.807) is 12.1 Å². The van der Waals surface area contributed by atoms with Crippen molar-refractivity contribution >= 4 is 0 Å². The van der Waals surface area contributed by atoms with Gasteiger partial charge in [0, 0.05) is 11.6 Å². The summed E-state index contributed by atoms with van der Waals surface area (Å²) in [5.41, 5.74) is 7.34. The van der Waals surface area contributed by atoms with Crippen LogP contribution in [0.4, 0.5) is 13.2 Å². The van der Waals surface area contributed by atoms with E-state index in [2.05, 4.69) is 0 Å². The Labute approximate surface area is 116 Å². The van der Waals surface area contributed by atoms with Gasteiger partial charge in [-0.1, -0.05) is 24.3 Å². The highest BCUT2D eigenvalue weighted by atomic mass is 19.2. The van der Waals surface area contributed by atoms with E-state index in [4.69, 9.17) is 5.73 Å². The lowest BCUT2D eigenvalue weighted by Gasteiger charge is -2.08. The van der Waals surface area contributed by atoms with Crippen LogP contribution in [0.1, 0.15) is 18.9 Å². The molecule has 2 aromatic rings. The summed E-state index contributed by atoms with van der Waals surface area (Å²) in [6.45, 7) is 1.94. The molecule has 4 heteroatoms. The highest BCUT2D eigenvalue weighted by Crippen LogP contribution is 2.26. The van der Waals surface area contributed by atoms with E-state index in [0.717, 1.165) is 24.5 Å². The van der Waals surface area contributed by atoms with Gasteiger partial charge in [0.15, 0.2) is 17.5 Å². The first-order chi connectivity index (χ1) is 9.49. The maximum Gasteiger partial charge on any atom is 0.195 e. The van der Waals surface area contributed by atoms with Crippen LogP contribution in [0.2, 0.25) is 0 Å². The van der Waals surface area contributed by atoms with Crippen LogP contribution in [0.3, 0.4) is 0 Å². The van der Waals surface area contributed by atoms with E-state index in [1.165, 1.54) is 6.07 Å². The van der Waals surface area contributed by atoms with Crippen LogP contribution in [0.15, 0.2) is 36.4 Å². The second kappa shape index (κ2) is 6.09. The molecule has 0 saturated heterocycles. The molecule has 0 spiro atoms. The summed E-state index contributed by atoms with van der Waals surface area (Å²) < 4.78 is 39.8. The van der Waals surface area contributed by atoms with Gasteiger partial charge >= 0.3 is 0 Å². The third-order valence-corrected chi connectivity index (χ3v) is 3.19. The first-order valence-electron chi connectivity index (χ1n) is 6.47. The molecule has 1 atom stereocenters. The van der Waals surface area contributed by atoms with Gasteiger partial charge in [0.05, 0.1) is 0 Å². The van der Waals surface area contributed by atoms with Crippen LogP contribution in [0.25, 0.3) is 11.1 Å². The maximum atomic E-state index is 13.7. The van der Waals surface area contributed by atoms with Gasteiger partial charge < -0.3 is 5.73 Å². The Bertz CT molecular complexity index is 591. The van der Waals surface area contributed by atoms with Crippen molar-refractivity contribution in [3.05, 3.63) is 59.4 Å². The van der Waals surface area contributed by atoms with Gasteiger partial charge in [-0.25, -0.2) is 13.2 Å². The number of rotatable bonds is 4. The van der Waals surface area contributed by atoms with Gasteiger partial charge in [-0.05, 0) is 43.0 Å². The molecule has 106 valence electrons. The lowest BCUT2D eigenvalue weighted by molar-refractivity contribution is 0.449. The third-order valence-electron chi connectivity index (χ3n) is 3.19. The topological polar surface area (TPSA) is 26.0 Å². The molecular weight excluding hydrogens is 263 g/mol. The van der Waals surface area contributed by atoms with Crippen LogP contribution in [-0.2, 0) is 6.42 Å². The summed E-state index contributed by atoms with van der Waals surface area (Å²) >= 11 is 0. The van der Waals surface area contributed by atoms with Gasteiger partial charge in [-0.15, -0.1) is 0 Å². The summed E-state index contributed by atoms with van der Waals surface area (Å²) in [6.07, 6.45) is 1.69. The molecule has 1 nitrogen and oxygen atoms in total. The lowest BCUT2D eigenvalue weighted by atomic mass is 10.0. The van der Waals surface area contributed by atoms with Crippen LogP contribution in [0, 0.1) is 17.5 Å². The Hall–Kier alpha value is -1.81. The minimum Gasteiger partial charge on any atom is -0.328 e. The van der Waals surface area contributed by atoms with Crippen molar-refractivity contribution in [3.8, 4) is 11.1 Å². The third kappa shape index (κ3) is 3.20. The van der Waals surface area contributed by atoms with E-state index < -0.39 is 17.5 Å². The summed E-state index contributed by atoms with van der Waals surface area (Å²) in [6, 6.07) is 9.39. The quantitative estimate of drug-likeness (QED) is 0.839. The number of hydrogen-bond donors (Lipinski definition) is 1. The van der Waals surface area contributed by atoms with E-state index >= 15 is 0 Å². The second-order valence-corrected chi connectivity index (χ2v) is 4.94. The maximum absolute atomic E-state index is 13.7. The Balaban J connectivity index is 2.24. The number of halogens is 3. The fourth-order valence-corrected chi connectivity index (χ4v) is 1.99. The van der Waals surface area contributed by atoms with E-state index in [9.17, 15) is 13.2 Å². The summed E-state index contributed by atoms with van der Waals surface area (Å²) in [7, 11) is 0. The standard InChI is InChI=1S/C16H16F3N/c1-10(20)2-3-11-4-6-12(7-5-11)13-8-9-14(17)16(19)15(13)18/h4-10H,2-3,20H2,1H3. The fraction of sp³-hybridized carbons (Fsp3) is 0.250. The molecule has 0 radical (unpaired) electrons. The highest BCUT2D eigenvalue weighted by Gasteiger charge is 2.14. The minimum absolute atomic E-state index is 0.0580. The molecule has 0 aliphatic heterocycles.